The van der Waals surface area contributed by atoms with Gasteiger partial charge < -0.3 is 10.1 Å². The highest BCUT2D eigenvalue weighted by Crippen LogP contribution is 2.29. The molecule has 1 amide bonds. The Labute approximate surface area is 165 Å². The molecule has 0 saturated heterocycles. The number of ether oxygens (including phenoxy) is 1. The molecule has 3 aromatic rings. The summed E-state index contributed by atoms with van der Waals surface area (Å²) in [5, 5.41) is 17.9. The summed E-state index contributed by atoms with van der Waals surface area (Å²) in [6.07, 6.45) is 1.81. The van der Waals surface area contributed by atoms with E-state index in [0.29, 0.717) is 17.9 Å². The number of benzene rings is 2. The smallest absolute Gasteiger partial charge is 0.271 e. The van der Waals surface area contributed by atoms with Crippen LogP contribution in [0.25, 0.3) is 0 Å². The second kappa shape index (κ2) is 8.53. The van der Waals surface area contributed by atoms with Gasteiger partial charge in [-0.15, -0.1) is 0 Å². The SMILES string of the molecule is Cn1ccc(CNC(=O)c2ccc(COc3ccc([N+](=O)[O-])cc3Cl)cc2)n1. The third-order valence-electron chi connectivity index (χ3n) is 3.94. The molecule has 3 rings (SSSR count). The highest BCUT2D eigenvalue weighted by molar-refractivity contribution is 6.32. The topological polar surface area (TPSA) is 99.3 Å². The number of nitrogens with one attached hydrogen (secondary N) is 1. The lowest BCUT2D eigenvalue weighted by Gasteiger charge is -2.09. The van der Waals surface area contributed by atoms with Crippen molar-refractivity contribution in [1.29, 1.82) is 0 Å². The molecule has 144 valence electrons. The van der Waals surface area contributed by atoms with Gasteiger partial charge in [-0.25, -0.2) is 0 Å². The number of hydrogen-bond acceptors (Lipinski definition) is 5. The molecule has 1 heterocycles. The van der Waals surface area contributed by atoms with E-state index in [0.717, 1.165) is 11.3 Å². The quantitative estimate of drug-likeness (QED) is 0.483. The molecule has 0 radical (unpaired) electrons. The van der Waals surface area contributed by atoms with Gasteiger partial charge in [0.15, 0.2) is 0 Å². The van der Waals surface area contributed by atoms with Crippen LogP contribution in [0.1, 0.15) is 21.6 Å². The van der Waals surface area contributed by atoms with Gasteiger partial charge in [-0.1, -0.05) is 23.7 Å². The van der Waals surface area contributed by atoms with Gasteiger partial charge in [0.1, 0.15) is 12.4 Å². The number of aryl methyl sites for hydroxylation is 1. The molecule has 0 aliphatic rings. The maximum atomic E-state index is 12.2. The summed E-state index contributed by atoms with van der Waals surface area (Å²) in [7, 11) is 1.82. The minimum Gasteiger partial charge on any atom is -0.487 e. The average molecular weight is 401 g/mol. The predicted molar refractivity (Wildman–Crippen MR) is 103 cm³/mol. The van der Waals surface area contributed by atoms with Gasteiger partial charge in [0.2, 0.25) is 0 Å². The lowest BCUT2D eigenvalue weighted by Crippen LogP contribution is -2.23. The second-order valence-corrected chi connectivity index (χ2v) is 6.43. The summed E-state index contributed by atoms with van der Waals surface area (Å²) in [4.78, 5) is 22.4. The molecule has 0 atom stereocenters. The lowest BCUT2D eigenvalue weighted by atomic mass is 10.1. The molecule has 1 N–H and O–H groups in total. The molecule has 1 aromatic heterocycles. The van der Waals surface area contributed by atoms with E-state index in [4.69, 9.17) is 16.3 Å². The minimum absolute atomic E-state index is 0.0987. The first-order valence-electron chi connectivity index (χ1n) is 8.35. The van der Waals surface area contributed by atoms with Crippen molar-refractivity contribution in [1.82, 2.24) is 15.1 Å². The standard InChI is InChI=1S/C19H17ClN4O4/c1-23-9-8-15(22-23)11-21-19(25)14-4-2-13(3-5-14)12-28-18-7-6-16(24(26)27)10-17(18)20/h2-10H,11-12H2,1H3,(H,21,25). The van der Waals surface area contributed by atoms with Crippen LogP contribution in [0.15, 0.2) is 54.7 Å². The zero-order valence-electron chi connectivity index (χ0n) is 15.0. The Morgan fingerprint density at radius 2 is 2.00 bits per heavy atom. The predicted octanol–water partition coefficient (Wildman–Crippen LogP) is 3.49. The Kier molecular flexibility index (Phi) is 5.90. The second-order valence-electron chi connectivity index (χ2n) is 6.02. The van der Waals surface area contributed by atoms with Crippen LogP contribution in [-0.2, 0) is 20.2 Å². The van der Waals surface area contributed by atoms with Crippen molar-refractivity contribution in [2.24, 2.45) is 7.05 Å². The molecule has 0 fully saturated rings. The number of nitro groups is 1. The van der Waals surface area contributed by atoms with Crippen LogP contribution in [0.4, 0.5) is 5.69 Å². The summed E-state index contributed by atoms with van der Waals surface area (Å²) in [5.74, 6) is 0.154. The number of carbonyl (C=O) groups is 1. The minimum atomic E-state index is -0.521. The van der Waals surface area contributed by atoms with E-state index in [2.05, 4.69) is 10.4 Å². The third-order valence-corrected chi connectivity index (χ3v) is 4.23. The van der Waals surface area contributed by atoms with E-state index in [1.807, 2.05) is 19.3 Å². The molecule has 0 saturated carbocycles. The first-order chi connectivity index (χ1) is 13.4. The van der Waals surface area contributed by atoms with Crippen LogP contribution in [0.2, 0.25) is 5.02 Å². The number of amides is 1. The van der Waals surface area contributed by atoms with Crippen LogP contribution >= 0.6 is 11.6 Å². The zero-order valence-corrected chi connectivity index (χ0v) is 15.7. The van der Waals surface area contributed by atoms with Crippen LogP contribution in [0, 0.1) is 10.1 Å². The maximum Gasteiger partial charge on any atom is 0.271 e. The van der Waals surface area contributed by atoms with E-state index in [-0.39, 0.29) is 23.2 Å². The lowest BCUT2D eigenvalue weighted by molar-refractivity contribution is -0.384. The summed E-state index contributed by atoms with van der Waals surface area (Å²) in [6.45, 7) is 0.566. The highest BCUT2D eigenvalue weighted by Gasteiger charge is 2.11. The van der Waals surface area contributed by atoms with Crippen LogP contribution in [0.3, 0.4) is 0 Å². The van der Waals surface area contributed by atoms with E-state index >= 15 is 0 Å². The highest BCUT2D eigenvalue weighted by atomic mass is 35.5. The first kappa shape index (κ1) is 19.4. The molecule has 0 unspecified atom stereocenters. The molecule has 9 heteroatoms. The number of carbonyl (C=O) groups excluding carboxylic acids is 1. The number of hydrogen-bond donors (Lipinski definition) is 1. The molecular weight excluding hydrogens is 384 g/mol. The molecule has 28 heavy (non-hydrogen) atoms. The fourth-order valence-electron chi connectivity index (χ4n) is 2.46. The zero-order chi connectivity index (χ0) is 20.1. The van der Waals surface area contributed by atoms with Crippen molar-refractivity contribution in [2.75, 3.05) is 0 Å². The summed E-state index contributed by atoms with van der Waals surface area (Å²) in [5.41, 5.74) is 2.03. The van der Waals surface area contributed by atoms with E-state index in [9.17, 15) is 14.9 Å². The van der Waals surface area contributed by atoms with Crippen molar-refractivity contribution in [3.8, 4) is 5.75 Å². The van der Waals surface area contributed by atoms with E-state index in [1.54, 1.807) is 28.9 Å². The van der Waals surface area contributed by atoms with E-state index < -0.39 is 4.92 Å². The fourth-order valence-corrected chi connectivity index (χ4v) is 2.69. The molecule has 0 aliphatic heterocycles. The molecule has 8 nitrogen and oxygen atoms in total. The van der Waals surface area contributed by atoms with E-state index in [1.165, 1.54) is 18.2 Å². The van der Waals surface area contributed by atoms with Gasteiger partial charge in [-0.2, -0.15) is 5.10 Å². The van der Waals surface area contributed by atoms with Crippen LogP contribution in [0.5, 0.6) is 5.75 Å². The Hall–Kier alpha value is -3.39. The van der Waals surface area contributed by atoms with Crippen LogP contribution < -0.4 is 10.1 Å². The van der Waals surface area contributed by atoms with Crippen molar-refractivity contribution in [3.05, 3.63) is 86.7 Å². The Bertz CT molecular complexity index is 1000. The van der Waals surface area contributed by atoms with Crippen LogP contribution in [-0.4, -0.2) is 20.6 Å². The Balaban J connectivity index is 1.55. The van der Waals surface area contributed by atoms with Crippen molar-refractivity contribution < 1.29 is 14.5 Å². The molecule has 0 aliphatic carbocycles. The molecule has 2 aromatic carbocycles. The summed E-state index contributed by atoms with van der Waals surface area (Å²) >= 11 is 6.00. The van der Waals surface area contributed by atoms with Crippen molar-refractivity contribution in [3.63, 3.8) is 0 Å². The Morgan fingerprint density at radius 1 is 1.25 bits per heavy atom. The number of nitro benzene ring substituents is 1. The largest absolute Gasteiger partial charge is 0.487 e. The summed E-state index contributed by atoms with van der Waals surface area (Å²) < 4.78 is 7.27. The normalized spacial score (nSPS) is 10.5. The van der Waals surface area contributed by atoms with Gasteiger partial charge in [-0.05, 0) is 29.8 Å². The van der Waals surface area contributed by atoms with Crippen molar-refractivity contribution in [2.45, 2.75) is 13.2 Å². The number of halogens is 1. The van der Waals surface area contributed by atoms with Gasteiger partial charge in [0.05, 0.1) is 22.2 Å². The number of aromatic nitrogens is 2. The number of rotatable bonds is 7. The fraction of sp³-hybridized carbons (Fsp3) is 0.158. The molecule has 0 bridgehead atoms. The Morgan fingerprint density at radius 3 is 2.61 bits per heavy atom. The van der Waals surface area contributed by atoms with Gasteiger partial charge >= 0.3 is 0 Å². The molecular formula is C19H17ClN4O4. The van der Waals surface area contributed by atoms with Gasteiger partial charge in [-0.3, -0.25) is 19.6 Å². The third kappa shape index (κ3) is 4.86. The summed E-state index contributed by atoms with van der Waals surface area (Å²) in [6, 6.07) is 12.8. The maximum absolute atomic E-state index is 12.2. The first-order valence-corrected chi connectivity index (χ1v) is 8.72. The van der Waals surface area contributed by atoms with Gasteiger partial charge in [0.25, 0.3) is 11.6 Å². The van der Waals surface area contributed by atoms with Gasteiger partial charge in [0, 0.05) is 30.9 Å². The van der Waals surface area contributed by atoms with Crippen molar-refractivity contribution >= 4 is 23.2 Å². The average Bonchev–Trinajstić information content (AvgIpc) is 3.10. The number of nitrogens with zero attached hydrogens (tertiary/aromatic N) is 3. The number of non-ortho nitro benzene ring substituents is 1. The molecule has 0 spiro atoms. The monoisotopic (exact) mass is 400 g/mol.